The zero-order chi connectivity index (χ0) is 18.8. The molecule has 1 heterocycles. The van der Waals surface area contributed by atoms with Gasteiger partial charge in [0, 0.05) is 39.3 Å². The average Bonchev–Trinajstić information content (AvgIpc) is 2.56. The molecule has 1 aliphatic heterocycles. The maximum absolute atomic E-state index is 12.5. The fraction of sp³-hybridized carbons (Fsp3) is 0.533. The van der Waals surface area contributed by atoms with Crippen LogP contribution in [0.3, 0.4) is 0 Å². The Balaban J connectivity index is 2.13. The molecule has 1 fully saturated rings. The van der Waals surface area contributed by atoms with Gasteiger partial charge in [-0.3, -0.25) is 14.9 Å². The fourth-order valence-corrected chi connectivity index (χ4v) is 3.88. The highest BCUT2D eigenvalue weighted by Gasteiger charge is 2.33. The first-order valence-electron chi connectivity index (χ1n) is 7.86. The molecule has 1 aromatic rings. The summed E-state index contributed by atoms with van der Waals surface area (Å²) in [4.78, 5) is 22.9. The summed E-state index contributed by atoms with van der Waals surface area (Å²) in [5.74, 6) is -0.829. The van der Waals surface area contributed by atoms with Crippen molar-refractivity contribution in [2.24, 2.45) is 5.92 Å². The minimum absolute atomic E-state index is 0.0975. The van der Waals surface area contributed by atoms with Crippen LogP contribution in [0.2, 0.25) is 0 Å². The van der Waals surface area contributed by atoms with Gasteiger partial charge in [-0.15, -0.1) is 0 Å². The normalized spacial score (nSPS) is 19.0. The number of non-ortho nitro benzene ring substituents is 1. The number of benzene rings is 1. The van der Waals surface area contributed by atoms with Gasteiger partial charge in [0.1, 0.15) is 0 Å². The van der Waals surface area contributed by atoms with Crippen LogP contribution >= 0.6 is 0 Å². The van der Waals surface area contributed by atoms with Crippen LogP contribution in [0.5, 0.6) is 0 Å². The Morgan fingerprint density at radius 1 is 1.40 bits per heavy atom. The number of hydrogen-bond donors (Lipinski definition) is 1. The van der Waals surface area contributed by atoms with E-state index in [-0.39, 0.29) is 18.1 Å². The highest BCUT2D eigenvalue weighted by molar-refractivity contribution is 7.86. The van der Waals surface area contributed by atoms with E-state index in [2.05, 4.69) is 5.32 Å². The molecule has 25 heavy (non-hydrogen) atoms. The van der Waals surface area contributed by atoms with E-state index in [4.69, 9.17) is 0 Å². The Kier molecular flexibility index (Phi) is 5.76. The van der Waals surface area contributed by atoms with Crippen molar-refractivity contribution in [2.45, 2.75) is 19.8 Å². The molecule has 1 saturated heterocycles. The molecule has 0 saturated carbocycles. The summed E-state index contributed by atoms with van der Waals surface area (Å²) in [7, 11) is -0.668. The van der Waals surface area contributed by atoms with Crippen LogP contribution in [0, 0.1) is 23.0 Å². The lowest BCUT2D eigenvalue weighted by molar-refractivity contribution is -0.384. The van der Waals surface area contributed by atoms with Crippen molar-refractivity contribution in [1.82, 2.24) is 8.61 Å². The number of amides is 1. The molecule has 0 bridgehead atoms. The number of carbonyl (C=O) groups excluding carboxylic acids is 1. The topological polar surface area (TPSA) is 113 Å². The van der Waals surface area contributed by atoms with Gasteiger partial charge in [0.05, 0.1) is 16.5 Å². The molecule has 0 radical (unpaired) electrons. The maximum Gasteiger partial charge on any atom is 0.281 e. The number of anilines is 1. The molecular formula is C15H22N4O5S. The van der Waals surface area contributed by atoms with Gasteiger partial charge in [0.25, 0.3) is 15.9 Å². The number of carbonyl (C=O) groups is 1. The number of nitro groups is 1. The molecule has 0 aliphatic carbocycles. The fourth-order valence-electron chi connectivity index (χ4n) is 2.69. The largest absolute Gasteiger partial charge is 0.325 e. The lowest BCUT2D eigenvalue weighted by Crippen LogP contribution is -2.47. The number of rotatable bonds is 5. The molecule has 1 aliphatic rings. The van der Waals surface area contributed by atoms with Crippen LogP contribution in [0.1, 0.15) is 18.4 Å². The molecule has 138 valence electrons. The number of nitro benzene ring substituents is 1. The van der Waals surface area contributed by atoms with E-state index < -0.39 is 21.1 Å². The molecular weight excluding hydrogens is 348 g/mol. The van der Waals surface area contributed by atoms with Gasteiger partial charge < -0.3 is 5.32 Å². The third-order valence-corrected chi connectivity index (χ3v) is 6.14. The lowest BCUT2D eigenvalue weighted by atomic mass is 9.98. The molecule has 1 N–H and O–H groups in total. The van der Waals surface area contributed by atoms with E-state index in [1.807, 2.05) is 0 Å². The summed E-state index contributed by atoms with van der Waals surface area (Å²) < 4.78 is 26.9. The summed E-state index contributed by atoms with van der Waals surface area (Å²) in [6, 6.07) is 4.25. The summed E-state index contributed by atoms with van der Waals surface area (Å²) in [6.45, 7) is 2.21. The van der Waals surface area contributed by atoms with E-state index in [0.29, 0.717) is 30.6 Å². The van der Waals surface area contributed by atoms with E-state index >= 15 is 0 Å². The van der Waals surface area contributed by atoms with Crippen LogP contribution in [0.25, 0.3) is 0 Å². The van der Waals surface area contributed by atoms with Crippen molar-refractivity contribution in [1.29, 1.82) is 0 Å². The third-order valence-electron chi connectivity index (χ3n) is 4.23. The highest BCUT2D eigenvalue weighted by Crippen LogP contribution is 2.25. The van der Waals surface area contributed by atoms with Crippen molar-refractivity contribution in [3.8, 4) is 0 Å². The lowest BCUT2D eigenvalue weighted by Gasteiger charge is -2.32. The first-order valence-corrected chi connectivity index (χ1v) is 9.26. The molecule has 10 heteroatoms. The van der Waals surface area contributed by atoms with Crippen molar-refractivity contribution in [2.75, 3.05) is 32.5 Å². The summed E-state index contributed by atoms with van der Waals surface area (Å²) in [6.07, 6.45) is 1.15. The Bertz CT molecular complexity index is 778. The minimum Gasteiger partial charge on any atom is -0.325 e. The van der Waals surface area contributed by atoms with Gasteiger partial charge in [-0.1, -0.05) is 6.07 Å². The molecule has 0 spiro atoms. The second kappa shape index (κ2) is 7.46. The summed E-state index contributed by atoms with van der Waals surface area (Å²) in [5.41, 5.74) is 0.959. The van der Waals surface area contributed by atoms with Crippen molar-refractivity contribution in [3.63, 3.8) is 0 Å². The van der Waals surface area contributed by atoms with Gasteiger partial charge in [-0.25, -0.2) is 0 Å². The number of nitrogens with zero attached hydrogens (tertiary/aromatic N) is 3. The summed E-state index contributed by atoms with van der Waals surface area (Å²) >= 11 is 0. The van der Waals surface area contributed by atoms with Crippen molar-refractivity contribution < 1.29 is 18.1 Å². The Morgan fingerprint density at radius 3 is 2.68 bits per heavy atom. The number of piperidine rings is 1. The Hall–Kier alpha value is -2.04. The van der Waals surface area contributed by atoms with Crippen LogP contribution in [0.15, 0.2) is 18.2 Å². The molecule has 1 amide bonds. The van der Waals surface area contributed by atoms with Gasteiger partial charge in [-0.05, 0) is 25.3 Å². The van der Waals surface area contributed by atoms with Crippen LogP contribution < -0.4 is 5.32 Å². The first-order chi connectivity index (χ1) is 11.6. The SMILES string of the molecule is Cc1ccc([N+](=O)[O-])cc1NC(=O)[C@H]1CCCN(S(=O)(=O)N(C)C)C1. The predicted octanol–water partition coefficient (Wildman–Crippen LogP) is 1.36. The van der Waals surface area contributed by atoms with Crippen molar-refractivity contribution in [3.05, 3.63) is 33.9 Å². The second-order valence-electron chi connectivity index (χ2n) is 6.23. The predicted molar refractivity (Wildman–Crippen MR) is 93.4 cm³/mol. The van der Waals surface area contributed by atoms with Gasteiger partial charge in [-0.2, -0.15) is 17.0 Å². The summed E-state index contributed by atoms with van der Waals surface area (Å²) in [5, 5.41) is 13.6. The van der Waals surface area contributed by atoms with E-state index in [1.54, 1.807) is 13.0 Å². The Morgan fingerprint density at radius 2 is 2.08 bits per heavy atom. The van der Waals surface area contributed by atoms with Crippen LogP contribution in [-0.4, -0.2) is 55.0 Å². The zero-order valence-electron chi connectivity index (χ0n) is 14.4. The molecule has 1 aromatic carbocycles. The monoisotopic (exact) mass is 370 g/mol. The van der Waals surface area contributed by atoms with Crippen LogP contribution in [-0.2, 0) is 15.0 Å². The van der Waals surface area contributed by atoms with Gasteiger partial charge >= 0.3 is 0 Å². The first kappa shape index (κ1) is 19.3. The number of nitrogens with one attached hydrogen (secondary N) is 1. The van der Waals surface area contributed by atoms with E-state index in [1.165, 1.54) is 30.5 Å². The van der Waals surface area contributed by atoms with Gasteiger partial charge in [0.15, 0.2) is 0 Å². The molecule has 9 nitrogen and oxygen atoms in total. The maximum atomic E-state index is 12.5. The minimum atomic E-state index is -3.57. The average molecular weight is 370 g/mol. The highest BCUT2D eigenvalue weighted by atomic mass is 32.2. The van der Waals surface area contributed by atoms with Crippen LogP contribution in [0.4, 0.5) is 11.4 Å². The zero-order valence-corrected chi connectivity index (χ0v) is 15.2. The molecule has 2 rings (SSSR count). The van der Waals surface area contributed by atoms with Gasteiger partial charge in [0.2, 0.25) is 5.91 Å². The number of hydrogen-bond acceptors (Lipinski definition) is 5. The second-order valence-corrected chi connectivity index (χ2v) is 8.38. The van der Waals surface area contributed by atoms with E-state index in [9.17, 15) is 23.3 Å². The standard InChI is InChI=1S/C15H22N4O5S/c1-11-6-7-13(19(21)22)9-14(11)16-15(20)12-5-4-8-18(10-12)25(23,24)17(2)3/h6-7,9,12H,4-5,8,10H2,1-3H3,(H,16,20)/t12-/m0/s1. The Labute approximate surface area is 146 Å². The van der Waals surface area contributed by atoms with Crippen molar-refractivity contribution >= 4 is 27.5 Å². The molecule has 0 aromatic heterocycles. The third kappa shape index (κ3) is 4.33. The smallest absolute Gasteiger partial charge is 0.281 e. The molecule has 1 atom stereocenters. The quantitative estimate of drug-likeness (QED) is 0.621. The van der Waals surface area contributed by atoms with E-state index in [0.717, 1.165) is 4.31 Å². The molecule has 0 unspecified atom stereocenters. The number of aryl methyl sites for hydroxylation is 1.